The first kappa shape index (κ1) is 24.8. The normalized spacial score (nSPS) is 17.2. The number of alkyl halides is 3. The highest BCUT2D eigenvalue weighted by Gasteiger charge is 2.35. The lowest BCUT2D eigenvalue weighted by Gasteiger charge is -2.34. The number of aryl methyl sites for hydroxylation is 1. The molecular weight excluding hydrogens is 489 g/mol. The molecule has 3 aromatic heterocycles. The molecule has 1 fully saturated rings. The van der Waals surface area contributed by atoms with E-state index in [0.717, 1.165) is 0 Å². The van der Waals surface area contributed by atoms with Crippen molar-refractivity contribution >= 4 is 21.4 Å². The SMILES string of the molecule is Cc1cc(Oc2ncccc2OCC(F)(F)F)cn2cc(C(=O)NC3(C)CCS(=O)(=O)CC3)nc12. The van der Waals surface area contributed by atoms with E-state index in [0.29, 0.717) is 24.1 Å². The van der Waals surface area contributed by atoms with Crippen LogP contribution in [0.15, 0.2) is 36.8 Å². The third-order valence-corrected chi connectivity index (χ3v) is 7.28. The number of imidazole rings is 1. The van der Waals surface area contributed by atoms with Crippen LogP contribution in [0.5, 0.6) is 17.4 Å². The standard InChI is InChI=1S/C22H23F3N4O5S/c1-14-10-15(34-20-17(4-3-7-26-20)33-13-22(23,24)25)11-29-12-16(27-18(14)29)19(30)28-21(2)5-8-35(31,32)9-6-21/h3-4,7,10-12H,5-6,8-9,13H2,1-2H3,(H,28,30). The van der Waals surface area contributed by atoms with Gasteiger partial charge in [-0.2, -0.15) is 13.2 Å². The van der Waals surface area contributed by atoms with E-state index < -0.39 is 34.1 Å². The molecule has 9 nitrogen and oxygen atoms in total. The number of halogens is 3. The zero-order valence-electron chi connectivity index (χ0n) is 18.9. The maximum Gasteiger partial charge on any atom is 0.422 e. The third-order valence-electron chi connectivity index (χ3n) is 5.63. The van der Waals surface area contributed by atoms with Gasteiger partial charge in [0.2, 0.25) is 0 Å². The quantitative estimate of drug-likeness (QED) is 0.538. The van der Waals surface area contributed by atoms with Crippen LogP contribution in [0.2, 0.25) is 0 Å². The summed E-state index contributed by atoms with van der Waals surface area (Å²) in [5.74, 6) is -0.484. The second kappa shape index (κ2) is 9.02. The van der Waals surface area contributed by atoms with Gasteiger partial charge in [-0.15, -0.1) is 0 Å². The molecule has 1 aliphatic heterocycles. The van der Waals surface area contributed by atoms with Crippen molar-refractivity contribution < 1.29 is 35.9 Å². The van der Waals surface area contributed by atoms with E-state index in [1.54, 1.807) is 24.3 Å². The average Bonchev–Trinajstić information content (AvgIpc) is 3.20. The molecule has 35 heavy (non-hydrogen) atoms. The van der Waals surface area contributed by atoms with E-state index in [4.69, 9.17) is 9.47 Å². The Morgan fingerprint density at radius 2 is 1.97 bits per heavy atom. The van der Waals surface area contributed by atoms with Gasteiger partial charge in [-0.25, -0.2) is 18.4 Å². The van der Waals surface area contributed by atoms with Crippen molar-refractivity contribution in [1.82, 2.24) is 19.7 Å². The van der Waals surface area contributed by atoms with Gasteiger partial charge in [0.05, 0.1) is 17.7 Å². The monoisotopic (exact) mass is 512 g/mol. The van der Waals surface area contributed by atoms with Crippen LogP contribution in [0.4, 0.5) is 13.2 Å². The minimum atomic E-state index is -4.51. The molecule has 1 N–H and O–H groups in total. The molecule has 4 rings (SSSR count). The fourth-order valence-electron chi connectivity index (χ4n) is 3.69. The molecule has 3 aromatic rings. The van der Waals surface area contributed by atoms with E-state index in [-0.39, 0.29) is 34.6 Å². The number of hydrogen-bond acceptors (Lipinski definition) is 7. The maximum absolute atomic E-state index is 12.8. The molecule has 4 heterocycles. The van der Waals surface area contributed by atoms with Crippen LogP contribution in [-0.4, -0.2) is 58.5 Å². The fourth-order valence-corrected chi connectivity index (χ4v) is 5.41. The Bertz CT molecular complexity index is 1360. The second-order valence-corrected chi connectivity index (χ2v) is 11.0. The van der Waals surface area contributed by atoms with Gasteiger partial charge in [-0.1, -0.05) is 0 Å². The number of amides is 1. The number of rotatable bonds is 6. The van der Waals surface area contributed by atoms with Gasteiger partial charge in [-0.05, 0) is 50.5 Å². The molecule has 1 aliphatic rings. The Morgan fingerprint density at radius 1 is 1.26 bits per heavy atom. The molecule has 188 valence electrons. The molecule has 0 radical (unpaired) electrons. The summed E-state index contributed by atoms with van der Waals surface area (Å²) in [5.41, 5.74) is 0.596. The minimum Gasteiger partial charge on any atom is -0.478 e. The van der Waals surface area contributed by atoms with Crippen molar-refractivity contribution in [2.24, 2.45) is 0 Å². The van der Waals surface area contributed by atoms with Crippen molar-refractivity contribution in [3.8, 4) is 17.4 Å². The number of hydrogen-bond donors (Lipinski definition) is 1. The van der Waals surface area contributed by atoms with Crippen LogP contribution in [0, 0.1) is 6.92 Å². The summed E-state index contributed by atoms with van der Waals surface area (Å²) >= 11 is 0. The zero-order valence-corrected chi connectivity index (χ0v) is 19.7. The zero-order chi connectivity index (χ0) is 25.4. The lowest BCUT2D eigenvalue weighted by atomic mass is 9.95. The van der Waals surface area contributed by atoms with Crippen LogP contribution in [0.25, 0.3) is 5.65 Å². The molecule has 0 spiro atoms. The molecule has 0 saturated carbocycles. The summed E-state index contributed by atoms with van der Waals surface area (Å²) < 4.78 is 73.1. The van der Waals surface area contributed by atoms with E-state index in [2.05, 4.69) is 15.3 Å². The summed E-state index contributed by atoms with van der Waals surface area (Å²) in [6, 6.07) is 4.35. The molecule has 0 aromatic carbocycles. The maximum atomic E-state index is 12.8. The molecule has 1 saturated heterocycles. The largest absolute Gasteiger partial charge is 0.478 e. The highest BCUT2D eigenvalue weighted by atomic mass is 32.2. The summed E-state index contributed by atoms with van der Waals surface area (Å²) in [6.07, 6.45) is 0.482. The number of nitrogens with zero attached hydrogens (tertiary/aromatic N) is 3. The van der Waals surface area contributed by atoms with Gasteiger partial charge < -0.3 is 19.2 Å². The van der Waals surface area contributed by atoms with Crippen LogP contribution in [0.1, 0.15) is 35.8 Å². The van der Waals surface area contributed by atoms with Crippen LogP contribution >= 0.6 is 0 Å². The van der Waals surface area contributed by atoms with Crippen molar-refractivity contribution in [1.29, 1.82) is 0 Å². The number of sulfone groups is 1. The lowest BCUT2D eigenvalue weighted by molar-refractivity contribution is -0.153. The summed E-state index contributed by atoms with van der Waals surface area (Å²) in [7, 11) is -3.08. The number of fused-ring (bicyclic) bond motifs is 1. The van der Waals surface area contributed by atoms with Crippen molar-refractivity contribution in [2.45, 2.75) is 38.4 Å². The number of aromatic nitrogens is 3. The molecule has 0 unspecified atom stereocenters. The number of ether oxygens (including phenoxy) is 2. The highest BCUT2D eigenvalue weighted by Crippen LogP contribution is 2.31. The average molecular weight is 513 g/mol. The molecule has 0 atom stereocenters. The topological polar surface area (TPSA) is 112 Å². The summed E-state index contributed by atoms with van der Waals surface area (Å²) in [4.78, 5) is 21.2. The van der Waals surface area contributed by atoms with E-state index in [1.165, 1.54) is 30.7 Å². The highest BCUT2D eigenvalue weighted by molar-refractivity contribution is 7.91. The number of carbonyl (C=O) groups excluding carboxylic acids is 1. The smallest absolute Gasteiger partial charge is 0.422 e. The van der Waals surface area contributed by atoms with E-state index >= 15 is 0 Å². The Hall–Kier alpha value is -3.35. The predicted molar refractivity (Wildman–Crippen MR) is 120 cm³/mol. The molecular formula is C22H23F3N4O5S. The van der Waals surface area contributed by atoms with Crippen LogP contribution < -0.4 is 14.8 Å². The minimum absolute atomic E-state index is 0.0109. The fraction of sp³-hybridized carbons (Fsp3) is 0.409. The van der Waals surface area contributed by atoms with Crippen molar-refractivity contribution in [3.63, 3.8) is 0 Å². The summed E-state index contributed by atoms with van der Waals surface area (Å²) in [6.45, 7) is 2.06. The van der Waals surface area contributed by atoms with Gasteiger partial charge in [0, 0.05) is 17.9 Å². The second-order valence-electron chi connectivity index (χ2n) is 8.70. The molecule has 0 aliphatic carbocycles. The van der Waals surface area contributed by atoms with Gasteiger partial charge >= 0.3 is 6.18 Å². The molecule has 0 bridgehead atoms. The Balaban J connectivity index is 1.53. The van der Waals surface area contributed by atoms with Gasteiger partial charge in [0.15, 0.2) is 12.4 Å². The summed E-state index contributed by atoms with van der Waals surface area (Å²) in [5, 5.41) is 2.89. The van der Waals surface area contributed by atoms with Crippen LogP contribution in [0.3, 0.4) is 0 Å². The van der Waals surface area contributed by atoms with E-state index in [1.807, 2.05) is 0 Å². The first-order chi connectivity index (χ1) is 16.3. The first-order valence-corrected chi connectivity index (χ1v) is 12.5. The van der Waals surface area contributed by atoms with Gasteiger partial charge in [-0.3, -0.25) is 4.79 Å². The van der Waals surface area contributed by atoms with Crippen molar-refractivity contribution in [3.05, 3.63) is 48.0 Å². The van der Waals surface area contributed by atoms with Gasteiger partial charge in [0.1, 0.15) is 26.9 Å². The molecule has 13 heteroatoms. The number of carbonyl (C=O) groups is 1. The Labute approximate surface area is 199 Å². The number of pyridine rings is 2. The Kier molecular flexibility index (Phi) is 6.38. The van der Waals surface area contributed by atoms with Crippen LogP contribution in [-0.2, 0) is 9.84 Å². The molecule has 1 amide bonds. The third kappa shape index (κ3) is 6.02. The van der Waals surface area contributed by atoms with Crippen molar-refractivity contribution in [2.75, 3.05) is 18.1 Å². The first-order valence-electron chi connectivity index (χ1n) is 10.7. The van der Waals surface area contributed by atoms with E-state index in [9.17, 15) is 26.4 Å². The number of nitrogens with one attached hydrogen (secondary N) is 1. The van der Waals surface area contributed by atoms with Gasteiger partial charge in [0.25, 0.3) is 11.8 Å². The predicted octanol–water partition coefficient (Wildman–Crippen LogP) is 3.47. The lowest BCUT2D eigenvalue weighted by Crippen LogP contribution is -2.51. The Morgan fingerprint density at radius 3 is 2.66 bits per heavy atom.